The molecule has 0 spiro atoms. The highest BCUT2D eigenvalue weighted by molar-refractivity contribution is 5.90. The third kappa shape index (κ3) is 6.33. The van der Waals surface area contributed by atoms with Gasteiger partial charge < -0.3 is 29.5 Å². The van der Waals surface area contributed by atoms with E-state index in [2.05, 4.69) is 0 Å². The zero-order valence-electron chi connectivity index (χ0n) is 15.0. The van der Waals surface area contributed by atoms with Crippen LogP contribution in [0.5, 0.6) is 11.5 Å². The van der Waals surface area contributed by atoms with Crippen molar-refractivity contribution in [2.75, 3.05) is 39.6 Å². The summed E-state index contributed by atoms with van der Waals surface area (Å²) in [6.07, 6.45) is 0.605. The average molecular weight is 376 g/mol. The highest BCUT2D eigenvalue weighted by Gasteiger charge is 2.21. The number of aliphatic hydroxyl groups is 2. The van der Waals surface area contributed by atoms with E-state index in [-0.39, 0.29) is 13.2 Å². The number of benzene rings is 2. The van der Waals surface area contributed by atoms with Crippen LogP contribution in [-0.2, 0) is 15.9 Å². The normalized spacial score (nSPS) is 11.5. The van der Waals surface area contributed by atoms with Gasteiger partial charge in [-0.2, -0.15) is 0 Å². The third-order valence-electron chi connectivity index (χ3n) is 3.77. The fourth-order valence-electron chi connectivity index (χ4n) is 2.55. The molecular weight excluding hydrogens is 352 g/mol. The van der Waals surface area contributed by atoms with Crippen molar-refractivity contribution < 1.29 is 34.3 Å². The minimum atomic E-state index is -0.912. The minimum Gasteiger partial charge on any atom is -0.478 e. The van der Waals surface area contributed by atoms with E-state index < -0.39 is 5.97 Å². The minimum absolute atomic E-state index is 0.0417. The van der Waals surface area contributed by atoms with Crippen molar-refractivity contribution in [3.8, 4) is 11.5 Å². The molecule has 0 saturated carbocycles. The number of ether oxygens (including phenoxy) is 3. The first kappa shape index (κ1) is 20.9. The van der Waals surface area contributed by atoms with E-state index in [1.54, 1.807) is 18.2 Å². The van der Waals surface area contributed by atoms with E-state index in [1.165, 1.54) is 0 Å². The second-order valence-electron chi connectivity index (χ2n) is 5.65. The summed E-state index contributed by atoms with van der Waals surface area (Å²) < 4.78 is 15.5. The molecule has 0 bridgehead atoms. The number of para-hydroxylation sites is 1. The van der Waals surface area contributed by atoms with Crippen molar-refractivity contribution in [2.24, 2.45) is 0 Å². The molecule has 0 unspecified atom stereocenters. The summed E-state index contributed by atoms with van der Waals surface area (Å²) in [5.74, 6) is 0.538. The predicted molar refractivity (Wildman–Crippen MR) is 98.5 cm³/mol. The maximum absolute atomic E-state index is 11.1. The zero-order valence-corrected chi connectivity index (χ0v) is 15.0. The van der Waals surface area contributed by atoms with Crippen LogP contribution in [0.25, 0.3) is 0 Å². The molecule has 3 N–H and O–H groups in total. The lowest BCUT2D eigenvalue weighted by Gasteiger charge is -2.21. The molecule has 27 heavy (non-hydrogen) atoms. The lowest BCUT2D eigenvalue weighted by molar-refractivity contribution is 0.0222. The molecule has 3 rings (SSSR count). The lowest BCUT2D eigenvalue weighted by atomic mass is 9.96. The molecule has 2 aromatic rings. The summed E-state index contributed by atoms with van der Waals surface area (Å²) in [6.45, 7) is 1.73. The quantitative estimate of drug-likeness (QED) is 0.517. The van der Waals surface area contributed by atoms with Gasteiger partial charge in [0.1, 0.15) is 11.5 Å². The van der Waals surface area contributed by atoms with Gasteiger partial charge >= 0.3 is 5.97 Å². The van der Waals surface area contributed by atoms with Crippen LogP contribution >= 0.6 is 0 Å². The van der Waals surface area contributed by atoms with Gasteiger partial charge in [-0.25, -0.2) is 4.79 Å². The Morgan fingerprint density at radius 3 is 2.15 bits per heavy atom. The van der Waals surface area contributed by atoms with Gasteiger partial charge in [0.05, 0.1) is 45.2 Å². The number of aromatic carboxylic acids is 1. The first-order valence-electron chi connectivity index (χ1n) is 8.65. The van der Waals surface area contributed by atoms with Crippen molar-refractivity contribution in [1.29, 1.82) is 0 Å². The summed E-state index contributed by atoms with van der Waals surface area (Å²) in [4.78, 5) is 11.1. The SMILES string of the molecule is O=C(O)c1cccc2c1Cc1ccccc1O2.OCCOCCOCCO. The van der Waals surface area contributed by atoms with Gasteiger partial charge in [-0.1, -0.05) is 24.3 Å². The van der Waals surface area contributed by atoms with Gasteiger partial charge in [-0.05, 0) is 23.8 Å². The van der Waals surface area contributed by atoms with E-state index >= 15 is 0 Å². The Balaban J connectivity index is 0.000000227. The number of carboxylic acids is 1. The summed E-state index contributed by atoms with van der Waals surface area (Å²) in [7, 11) is 0. The van der Waals surface area contributed by atoms with Crippen LogP contribution in [0.3, 0.4) is 0 Å². The first-order valence-corrected chi connectivity index (χ1v) is 8.65. The van der Waals surface area contributed by atoms with Gasteiger partial charge in [-0.15, -0.1) is 0 Å². The second kappa shape index (κ2) is 11.3. The molecule has 0 fully saturated rings. The van der Waals surface area contributed by atoms with Gasteiger partial charge in [0.15, 0.2) is 0 Å². The predicted octanol–water partition coefficient (Wildman–Crippen LogP) is 2.09. The number of carbonyl (C=O) groups is 1. The molecule has 1 aliphatic heterocycles. The monoisotopic (exact) mass is 376 g/mol. The molecule has 0 saturated heterocycles. The molecule has 146 valence electrons. The first-order chi connectivity index (χ1) is 13.2. The van der Waals surface area contributed by atoms with Gasteiger partial charge in [0.25, 0.3) is 0 Å². The summed E-state index contributed by atoms with van der Waals surface area (Å²) >= 11 is 0. The van der Waals surface area contributed by atoms with Crippen LogP contribution < -0.4 is 4.74 Å². The Kier molecular flexibility index (Phi) is 8.73. The van der Waals surface area contributed by atoms with Crippen molar-refractivity contribution >= 4 is 5.97 Å². The standard InChI is InChI=1S/C14H10O3.C6H14O4/c15-14(16)10-5-3-7-13-11(10)8-9-4-1-2-6-12(9)17-13;7-1-3-9-5-6-10-4-2-8/h1-7H,8H2,(H,15,16);7-8H,1-6H2. The summed E-state index contributed by atoms with van der Waals surface area (Å²) in [5, 5.41) is 25.7. The van der Waals surface area contributed by atoms with Crippen molar-refractivity contribution in [2.45, 2.75) is 6.42 Å². The Bertz CT molecular complexity index is 722. The largest absolute Gasteiger partial charge is 0.478 e. The fourth-order valence-corrected chi connectivity index (χ4v) is 2.55. The van der Waals surface area contributed by atoms with E-state index in [1.807, 2.05) is 24.3 Å². The molecule has 0 aliphatic carbocycles. The van der Waals surface area contributed by atoms with Crippen LogP contribution in [-0.4, -0.2) is 60.9 Å². The summed E-state index contributed by atoms with van der Waals surface area (Å²) in [6, 6.07) is 12.8. The number of rotatable bonds is 8. The Morgan fingerprint density at radius 2 is 1.52 bits per heavy atom. The van der Waals surface area contributed by atoms with Gasteiger partial charge in [-0.3, -0.25) is 0 Å². The highest BCUT2D eigenvalue weighted by Crippen LogP contribution is 2.37. The second-order valence-corrected chi connectivity index (χ2v) is 5.65. The highest BCUT2D eigenvalue weighted by atomic mass is 16.5. The molecule has 1 heterocycles. The topological polar surface area (TPSA) is 105 Å². The van der Waals surface area contributed by atoms with Crippen molar-refractivity contribution in [1.82, 2.24) is 0 Å². The third-order valence-corrected chi connectivity index (χ3v) is 3.77. The van der Waals surface area contributed by atoms with Crippen molar-refractivity contribution in [3.05, 3.63) is 59.2 Å². The van der Waals surface area contributed by atoms with Crippen LogP contribution in [0, 0.1) is 0 Å². The number of carboxylic acid groups (broad SMARTS) is 1. The average Bonchev–Trinajstić information content (AvgIpc) is 2.69. The van der Waals surface area contributed by atoms with Crippen molar-refractivity contribution in [3.63, 3.8) is 0 Å². The maximum atomic E-state index is 11.1. The molecule has 2 aromatic carbocycles. The Labute approximate surface area is 157 Å². The maximum Gasteiger partial charge on any atom is 0.336 e. The summed E-state index contributed by atoms with van der Waals surface area (Å²) in [5.41, 5.74) is 2.09. The number of fused-ring (bicyclic) bond motifs is 2. The van der Waals surface area contributed by atoms with Crippen LogP contribution in [0.15, 0.2) is 42.5 Å². The van der Waals surface area contributed by atoms with Crippen LogP contribution in [0.1, 0.15) is 21.5 Å². The zero-order chi connectivity index (χ0) is 19.5. The van der Waals surface area contributed by atoms with Gasteiger partial charge in [0, 0.05) is 12.0 Å². The van der Waals surface area contributed by atoms with E-state index in [4.69, 9.17) is 29.5 Å². The number of hydrogen-bond donors (Lipinski definition) is 3. The van der Waals surface area contributed by atoms with Gasteiger partial charge in [0.2, 0.25) is 0 Å². The van der Waals surface area contributed by atoms with E-state index in [0.717, 1.165) is 16.9 Å². The van der Waals surface area contributed by atoms with E-state index in [9.17, 15) is 4.79 Å². The molecule has 0 atom stereocenters. The number of hydrogen-bond acceptors (Lipinski definition) is 6. The molecule has 0 aromatic heterocycles. The smallest absolute Gasteiger partial charge is 0.336 e. The molecule has 1 aliphatic rings. The van der Waals surface area contributed by atoms with Crippen LogP contribution in [0.4, 0.5) is 0 Å². The molecule has 7 nitrogen and oxygen atoms in total. The molecule has 7 heteroatoms. The van der Waals surface area contributed by atoms with Crippen LogP contribution in [0.2, 0.25) is 0 Å². The molecule has 0 radical (unpaired) electrons. The molecule has 0 amide bonds. The lowest BCUT2D eigenvalue weighted by Crippen LogP contribution is -2.09. The van der Waals surface area contributed by atoms with E-state index in [0.29, 0.717) is 44.2 Å². The Morgan fingerprint density at radius 1 is 0.889 bits per heavy atom. The Hall–Kier alpha value is -2.45. The fraction of sp³-hybridized carbons (Fsp3) is 0.350. The molecular formula is C20H24O7. The number of aliphatic hydroxyl groups excluding tert-OH is 2.